The van der Waals surface area contributed by atoms with Gasteiger partial charge in [0.05, 0.1) is 22.6 Å². The molecule has 0 saturated heterocycles. The summed E-state index contributed by atoms with van der Waals surface area (Å²) in [7, 11) is 1.69. The second-order valence-electron chi connectivity index (χ2n) is 9.17. The zero-order chi connectivity index (χ0) is 22.5. The summed E-state index contributed by atoms with van der Waals surface area (Å²) < 4.78 is 11.2. The lowest BCUT2D eigenvalue weighted by atomic mass is 9.68. The average Bonchev–Trinajstić information content (AvgIpc) is 2.75. The molecule has 0 radical (unpaired) electrons. The third-order valence-electron chi connectivity index (χ3n) is 6.42. The molecule has 168 valence electrons. The second-order valence-corrected chi connectivity index (χ2v) is 9.58. The quantitative estimate of drug-likeness (QED) is 0.494. The van der Waals surface area contributed by atoms with E-state index < -0.39 is 5.41 Å². The second kappa shape index (κ2) is 10.1. The number of hydrogen-bond acceptors (Lipinski definition) is 3. The van der Waals surface area contributed by atoms with E-state index in [9.17, 15) is 4.79 Å². The van der Waals surface area contributed by atoms with E-state index in [2.05, 4.69) is 30.4 Å². The number of rotatable bonds is 8. The van der Waals surface area contributed by atoms with Crippen LogP contribution in [0.3, 0.4) is 0 Å². The number of ether oxygens (including phenoxy) is 2. The number of amides is 1. The molecule has 3 rings (SSSR count). The highest BCUT2D eigenvalue weighted by molar-refractivity contribution is 6.32. The summed E-state index contributed by atoms with van der Waals surface area (Å²) in [5.74, 6) is 0.655. The molecule has 1 fully saturated rings. The number of anilines is 1. The van der Waals surface area contributed by atoms with Gasteiger partial charge in [0, 0.05) is 19.2 Å². The molecule has 0 unspecified atom stereocenters. The summed E-state index contributed by atoms with van der Waals surface area (Å²) >= 11 is 6.45. The lowest BCUT2D eigenvalue weighted by molar-refractivity contribution is -0.122. The summed E-state index contributed by atoms with van der Waals surface area (Å²) in [5, 5.41) is 3.62. The molecule has 1 amide bonds. The first-order valence-corrected chi connectivity index (χ1v) is 11.5. The van der Waals surface area contributed by atoms with Crippen LogP contribution < -0.4 is 10.1 Å². The van der Waals surface area contributed by atoms with E-state index in [4.69, 9.17) is 21.1 Å². The van der Waals surface area contributed by atoms with E-state index in [1.54, 1.807) is 13.2 Å². The Morgan fingerprint density at radius 3 is 2.52 bits per heavy atom. The molecule has 2 aromatic carbocycles. The molecule has 0 heterocycles. The predicted molar refractivity (Wildman–Crippen MR) is 127 cm³/mol. The average molecular weight is 444 g/mol. The lowest BCUT2D eigenvalue weighted by Crippen LogP contribution is -2.42. The summed E-state index contributed by atoms with van der Waals surface area (Å²) in [6.45, 7) is 6.62. The van der Waals surface area contributed by atoms with E-state index in [-0.39, 0.29) is 11.5 Å². The van der Waals surface area contributed by atoms with Crippen molar-refractivity contribution >= 4 is 23.2 Å². The van der Waals surface area contributed by atoms with E-state index in [1.165, 1.54) is 12.0 Å². The van der Waals surface area contributed by atoms with Gasteiger partial charge in [0.15, 0.2) is 0 Å². The Bertz CT molecular complexity index is 903. The van der Waals surface area contributed by atoms with Crippen molar-refractivity contribution in [1.29, 1.82) is 0 Å². The Morgan fingerprint density at radius 1 is 1.13 bits per heavy atom. The highest BCUT2D eigenvalue weighted by atomic mass is 35.5. The normalized spacial score (nSPS) is 16.0. The van der Waals surface area contributed by atoms with Crippen LogP contribution in [-0.2, 0) is 14.9 Å². The molecule has 4 nitrogen and oxygen atoms in total. The van der Waals surface area contributed by atoms with Crippen LogP contribution in [0.4, 0.5) is 5.69 Å². The third-order valence-corrected chi connectivity index (χ3v) is 6.71. The van der Waals surface area contributed by atoms with Gasteiger partial charge >= 0.3 is 0 Å². The van der Waals surface area contributed by atoms with Gasteiger partial charge in [-0.05, 0) is 57.4 Å². The molecule has 0 aromatic heterocycles. The molecular weight excluding hydrogens is 410 g/mol. The topological polar surface area (TPSA) is 47.6 Å². The van der Waals surface area contributed by atoms with Crippen LogP contribution >= 0.6 is 11.6 Å². The monoisotopic (exact) mass is 443 g/mol. The first-order valence-electron chi connectivity index (χ1n) is 11.1. The van der Waals surface area contributed by atoms with Gasteiger partial charge in [-0.2, -0.15) is 0 Å². The number of benzene rings is 2. The van der Waals surface area contributed by atoms with Gasteiger partial charge in [-0.15, -0.1) is 0 Å². The van der Waals surface area contributed by atoms with Crippen molar-refractivity contribution in [2.75, 3.05) is 19.0 Å². The molecule has 0 spiro atoms. The number of carbonyl (C=O) groups excluding carboxylic acids is 1. The maximum absolute atomic E-state index is 13.5. The van der Waals surface area contributed by atoms with Crippen LogP contribution in [0.25, 0.3) is 0 Å². The fraction of sp³-hybridized carbons (Fsp3) is 0.500. The number of halogens is 1. The molecule has 2 aromatic rings. The molecule has 1 saturated carbocycles. The summed E-state index contributed by atoms with van der Waals surface area (Å²) in [5.41, 5.74) is 2.24. The molecule has 0 bridgehead atoms. The standard InChI is InChI=1S/C26H34ClNO3/c1-19-9-8-10-20(17-19)26(13-6-5-7-14-26)24(29)28-21-11-12-23(22(27)18-21)31-16-15-25(2,3)30-4/h8-12,17-18H,5-7,13-16H2,1-4H3,(H,28,29). The molecule has 5 heteroatoms. The van der Waals surface area contributed by atoms with Crippen molar-refractivity contribution < 1.29 is 14.3 Å². The first kappa shape index (κ1) is 23.6. The van der Waals surface area contributed by atoms with E-state index in [0.717, 1.165) is 37.7 Å². The predicted octanol–water partition coefficient (Wildman–Crippen LogP) is 6.68. The highest BCUT2D eigenvalue weighted by Gasteiger charge is 2.41. The van der Waals surface area contributed by atoms with Crippen LogP contribution in [-0.4, -0.2) is 25.2 Å². The van der Waals surface area contributed by atoms with Gasteiger partial charge in [0.25, 0.3) is 0 Å². The van der Waals surface area contributed by atoms with E-state index in [1.807, 2.05) is 32.0 Å². The molecule has 31 heavy (non-hydrogen) atoms. The molecular formula is C26H34ClNO3. The van der Waals surface area contributed by atoms with Crippen LogP contribution in [0.5, 0.6) is 5.75 Å². The van der Waals surface area contributed by atoms with Gasteiger partial charge in [-0.1, -0.05) is 60.7 Å². The van der Waals surface area contributed by atoms with Gasteiger partial charge in [0.1, 0.15) is 5.75 Å². The van der Waals surface area contributed by atoms with Crippen molar-refractivity contribution in [3.05, 3.63) is 58.6 Å². The van der Waals surface area contributed by atoms with E-state index in [0.29, 0.717) is 23.1 Å². The minimum Gasteiger partial charge on any atom is -0.492 e. The Balaban J connectivity index is 1.73. The first-order chi connectivity index (χ1) is 14.8. The molecule has 0 aliphatic heterocycles. The van der Waals surface area contributed by atoms with Crippen molar-refractivity contribution in [3.8, 4) is 5.75 Å². The SMILES string of the molecule is COC(C)(C)CCOc1ccc(NC(=O)C2(c3cccc(C)c3)CCCCC2)cc1Cl. The maximum Gasteiger partial charge on any atom is 0.235 e. The number of nitrogens with one attached hydrogen (secondary N) is 1. The van der Waals surface area contributed by atoms with Gasteiger partial charge < -0.3 is 14.8 Å². The van der Waals surface area contributed by atoms with Crippen molar-refractivity contribution in [2.24, 2.45) is 0 Å². The van der Waals surface area contributed by atoms with Crippen LogP contribution in [0.2, 0.25) is 5.02 Å². The smallest absolute Gasteiger partial charge is 0.235 e. The summed E-state index contributed by atoms with van der Waals surface area (Å²) in [6, 6.07) is 13.8. The number of aryl methyl sites for hydroxylation is 1. The fourth-order valence-electron chi connectivity index (χ4n) is 4.20. The van der Waals surface area contributed by atoms with Crippen molar-refractivity contribution in [1.82, 2.24) is 0 Å². The zero-order valence-corrected chi connectivity index (χ0v) is 19.8. The van der Waals surface area contributed by atoms with Gasteiger partial charge in [-0.25, -0.2) is 0 Å². The number of carbonyl (C=O) groups is 1. The van der Waals surface area contributed by atoms with Gasteiger partial charge in [-0.3, -0.25) is 4.79 Å². The molecule has 1 aliphatic carbocycles. The van der Waals surface area contributed by atoms with Crippen molar-refractivity contribution in [3.63, 3.8) is 0 Å². The number of methoxy groups -OCH3 is 1. The van der Waals surface area contributed by atoms with Crippen LogP contribution in [0.15, 0.2) is 42.5 Å². The minimum absolute atomic E-state index is 0.0457. The van der Waals surface area contributed by atoms with Crippen molar-refractivity contribution in [2.45, 2.75) is 70.3 Å². The maximum atomic E-state index is 13.5. The molecule has 1 N–H and O–H groups in total. The summed E-state index contributed by atoms with van der Waals surface area (Å²) in [4.78, 5) is 13.5. The third kappa shape index (κ3) is 5.81. The Hall–Kier alpha value is -2.04. The highest BCUT2D eigenvalue weighted by Crippen LogP contribution is 2.41. The largest absolute Gasteiger partial charge is 0.492 e. The van der Waals surface area contributed by atoms with Crippen LogP contribution in [0.1, 0.15) is 63.5 Å². The fourth-order valence-corrected chi connectivity index (χ4v) is 4.44. The summed E-state index contributed by atoms with van der Waals surface area (Å²) in [6.07, 6.45) is 5.79. The Kier molecular flexibility index (Phi) is 7.66. The minimum atomic E-state index is -0.488. The van der Waals surface area contributed by atoms with E-state index >= 15 is 0 Å². The van der Waals surface area contributed by atoms with Crippen LogP contribution in [0, 0.1) is 6.92 Å². The molecule has 0 atom stereocenters. The lowest BCUT2D eigenvalue weighted by Gasteiger charge is -2.36. The number of hydrogen-bond donors (Lipinski definition) is 1. The molecule has 1 aliphatic rings. The zero-order valence-electron chi connectivity index (χ0n) is 19.1. The van der Waals surface area contributed by atoms with Gasteiger partial charge in [0.2, 0.25) is 5.91 Å². The Morgan fingerprint density at radius 2 is 1.87 bits per heavy atom. The Labute approximate surface area is 191 Å².